The molecule has 94 heavy (non-hydrogen) atoms. The number of hydrogen-bond donors (Lipinski definition) is 1. The van der Waals surface area contributed by atoms with Crippen molar-refractivity contribution in [3.63, 3.8) is 0 Å². The van der Waals surface area contributed by atoms with Crippen molar-refractivity contribution in [2.24, 2.45) is 0 Å². The quantitative estimate of drug-likeness (QED) is 0.0587. The highest BCUT2D eigenvalue weighted by molar-refractivity contribution is 7.90. The van der Waals surface area contributed by atoms with Crippen LogP contribution < -0.4 is 0 Å². The summed E-state index contributed by atoms with van der Waals surface area (Å²) < 4.78 is 42.6. The number of amides is 8. The van der Waals surface area contributed by atoms with Crippen LogP contribution in [0.2, 0.25) is 6.55 Å². The van der Waals surface area contributed by atoms with Gasteiger partial charge in [-0.05, 0) is 112 Å². The molecule has 0 aliphatic carbocycles. The number of carboxylic acids is 1. The van der Waals surface area contributed by atoms with Gasteiger partial charge in [0.2, 0.25) is 11.8 Å². The number of aryl methyl sites for hydroxylation is 4. The molecule has 4 aliphatic heterocycles. The van der Waals surface area contributed by atoms with Crippen LogP contribution in [0, 0.1) is 27.7 Å². The number of hydrogen-bond acceptors (Lipinski definition) is 20. The van der Waals surface area contributed by atoms with Crippen LogP contribution in [0.25, 0.3) is 0 Å². The Bertz CT molecular complexity index is 3210. The zero-order chi connectivity index (χ0) is 71.9. The number of carbonyl (C=O) groups excluding carboxylic acids is 12. The minimum absolute atomic E-state index is 0.0128. The van der Waals surface area contributed by atoms with Gasteiger partial charge in [0.25, 0.3) is 35.4 Å². The molecule has 0 radical (unpaired) electrons. The summed E-state index contributed by atoms with van der Waals surface area (Å²) in [5.74, 6) is -3.77. The number of likely N-dealkylation sites (tertiary alicyclic amines) is 1. The van der Waals surface area contributed by atoms with Gasteiger partial charge in [-0.2, -0.15) is 0 Å². The SMILES string of the molecule is CC(=O)CCCC(=O)O.CC(=O)CCCC(=O)ON1C(=O)CCC1=O.CCO[Si](C)(OCC)OCC.CN1C(=O)C=CC1=O.CN1C(=O)CCC1=O.CN1C(=O)c2ccccc2C1=O.COC(=O)c1ccccc1.Cc1cc(C)cc(C)c1.Cc1ccc(S(C)(=O)=O)cc1. The highest BCUT2D eigenvalue weighted by atomic mass is 32.2. The number of carboxylic acid groups (broad SMARTS) is 1. The first-order chi connectivity index (χ1) is 44.0. The first-order valence-corrected chi connectivity index (χ1v) is 33.9. The van der Waals surface area contributed by atoms with Crippen molar-refractivity contribution in [1.29, 1.82) is 0 Å². The van der Waals surface area contributed by atoms with Crippen LogP contribution in [0.3, 0.4) is 0 Å². The fraction of sp³-hybridized carbons (Fsp3) is 0.418. The topological polar surface area (TPSA) is 335 Å². The lowest BCUT2D eigenvalue weighted by Crippen LogP contribution is -2.42. The van der Waals surface area contributed by atoms with Crippen molar-refractivity contribution in [2.45, 2.75) is 138 Å². The van der Waals surface area contributed by atoms with Crippen LogP contribution in [-0.4, -0.2) is 173 Å². The Hall–Kier alpha value is -9.02. The Kier molecular flexibility index (Phi) is 40.2. The fourth-order valence-electron chi connectivity index (χ4n) is 7.84. The van der Waals surface area contributed by atoms with Crippen molar-refractivity contribution in [1.82, 2.24) is 19.8 Å². The van der Waals surface area contributed by atoms with E-state index in [1.165, 1.54) is 82.1 Å². The molecule has 1 N–H and O–H groups in total. The van der Waals surface area contributed by atoms with Crippen molar-refractivity contribution in [3.05, 3.63) is 148 Å². The minimum atomic E-state index is -3.02. The number of rotatable bonds is 17. The maximum Gasteiger partial charge on any atom is 0.497 e. The number of ketones is 2. The molecule has 0 bridgehead atoms. The van der Waals surface area contributed by atoms with Gasteiger partial charge in [0, 0.05) is 117 Å². The molecule has 0 spiro atoms. The highest BCUT2D eigenvalue weighted by Gasteiger charge is 2.34. The Balaban J connectivity index is 0.00000104. The molecule has 2 saturated heterocycles. The predicted octanol–water partition coefficient (Wildman–Crippen LogP) is 8.55. The lowest BCUT2D eigenvalue weighted by Gasteiger charge is -2.23. The summed E-state index contributed by atoms with van der Waals surface area (Å²) in [5, 5.41) is 8.63. The summed E-state index contributed by atoms with van der Waals surface area (Å²) in [7, 11) is 0.553. The van der Waals surface area contributed by atoms with E-state index < -0.39 is 42.4 Å². The molecule has 0 aromatic heterocycles. The standard InChI is InChI=1S/C10H13NO5.C9H7NO2.C9H12.C8H10O2S.C8H8O2.C7H18O3Si.C6H10O3.C5H7NO2.C5H5NO2/c1-7(12)3-2-4-10(15)16-11-8(13)5-6-9(11)14;1-10-8(11)6-4-2-3-5-7(6)9(10)12;1-7-4-8(2)6-9(3)5-7;1-7-3-5-8(6-4-7)11(2,9)10;1-10-8(9)7-5-3-2-4-6-7;1-5-8-11(4,9-6-2)10-7-3;1-5(7)3-2-4-6(8)9;2*1-6-4(7)2-3-5(6)8/h2-6H2,1H3;2-5H,1H3;4-6H,1-3H3;3-6H,1-2H3;2-6H,1H3;5-7H2,1-4H3;2-4H2,1H3,(H,8,9);2-3H2,1H3;2-3H,1H3. The smallest absolute Gasteiger partial charge is 0.481 e. The number of fused-ring (bicyclic) bond motifs is 1. The molecule has 4 aromatic rings. The number of carbonyl (C=O) groups is 13. The second kappa shape index (κ2) is 44.5. The Morgan fingerprint density at radius 1 is 0.521 bits per heavy atom. The lowest BCUT2D eigenvalue weighted by molar-refractivity contribution is -0.197. The number of ether oxygens (including phenoxy) is 1. The van der Waals surface area contributed by atoms with E-state index in [1.807, 2.05) is 40.3 Å². The molecule has 0 unspecified atom stereocenters. The van der Waals surface area contributed by atoms with Gasteiger partial charge in [-0.1, -0.05) is 82.9 Å². The average molecular weight is 1350 g/mol. The number of likely N-dealkylation sites (N-methyl/N-ethyl adjacent to an activating group) is 1. The monoisotopic (exact) mass is 1350 g/mol. The molecule has 8 rings (SSSR count). The first kappa shape index (κ1) is 85.0. The summed E-state index contributed by atoms with van der Waals surface area (Å²) in [6.07, 6.45) is 6.29. The normalized spacial score (nSPS) is 13.4. The third-order valence-electron chi connectivity index (χ3n) is 12.6. The molecule has 4 aliphatic rings. The van der Waals surface area contributed by atoms with Gasteiger partial charge in [-0.3, -0.25) is 57.9 Å². The molecule has 8 amide bonds. The minimum Gasteiger partial charge on any atom is -0.481 e. The molecule has 514 valence electrons. The molecule has 0 atom stereocenters. The van der Waals surface area contributed by atoms with E-state index in [1.54, 1.807) is 72.8 Å². The van der Waals surface area contributed by atoms with Gasteiger partial charge in [-0.15, -0.1) is 5.06 Å². The number of sulfone groups is 1. The second-order valence-electron chi connectivity index (χ2n) is 20.9. The second-order valence-corrected chi connectivity index (χ2v) is 25.6. The van der Waals surface area contributed by atoms with Gasteiger partial charge >= 0.3 is 26.7 Å². The van der Waals surface area contributed by atoms with Crippen molar-refractivity contribution in [2.75, 3.05) is 54.3 Å². The van der Waals surface area contributed by atoms with Gasteiger partial charge < -0.3 is 37.5 Å². The number of imide groups is 4. The van der Waals surface area contributed by atoms with Crippen LogP contribution in [-0.2, 0) is 80.6 Å². The van der Waals surface area contributed by atoms with Crippen LogP contribution in [0.4, 0.5) is 0 Å². The van der Waals surface area contributed by atoms with E-state index in [4.69, 9.17) is 18.4 Å². The van der Waals surface area contributed by atoms with E-state index in [0.717, 1.165) is 15.4 Å². The molecule has 27 heteroatoms. The van der Waals surface area contributed by atoms with Crippen molar-refractivity contribution >= 4 is 95.4 Å². The van der Waals surface area contributed by atoms with Crippen molar-refractivity contribution < 1.29 is 98.7 Å². The van der Waals surface area contributed by atoms with Crippen LogP contribution in [0.5, 0.6) is 0 Å². The van der Waals surface area contributed by atoms with Gasteiger partial charge in [0.05, 0.1) is 28.7 Å². The van der Waals surface area contributed by atoms with Gasteiger partial charge in [-0.25, -0.2) is 18.0 Å². The molecular weight excluding hydrogens is 1260 g/mol. The Morgan fingerprint density at radius 3 is 1.22 bits per heavy atom. The number of aliphatic carboxylic acids is 1. The van der Waals surface area contributed by atoms with Crippen LogP contribution in [0.15, 0.2) is 114 Å². The fourth-order valence-corrected chi connectivity index (χ4v) is 10.3. The molecule has 4 aromatic carbocycles. The van der Waals surface area contributed by atoms with Gasteiger partial charge in [0.15, 0.2) is 9.84 Å². The average Bonchev–Trinajstić information content (AvgIpc) is 1.65. The lowest BCUT2D eigenvalue weighted by atomic mass is 10.1. The number of methoxy groups -OCH3 is 1. The van der Waals surface area contributed by atoms with E-state index >= 15 is 0 Å². The zero-order valence-corrected chi connectivity index (χ0v) is 58.2. The molecule has 2 fully saturated rings. The maximum absolute atomic E-state index is 11.3. The van der Waals surface area contributed by atoms with Crippen molar-refractivity contribution in [3.8, 4) is 0 Å². The third-order valence-corrected chi connectivity index (χ3v) is 16.2. The first-order valence-electron chi connectivity index (χ1n) is 29.8. The Morgan fingerprint density at radius 2 is 0.904 bits per heavy atom. The molecule has 25 nitrogen and oxygen atoms in total. The number of hydroxylamine groups is 2. The number of esters is 1. The van der Waals surface area contributed by atoms with Crippen LogP contribution in [0.1, 0.15) is 152 Å². The van der Waals surface area contributed by atoms with E-state index in [0.29, 0.717) is 78.6 Å². The zero-order valence-electron chi connectivity index (χ0n) is 56.4. The summed E-state index contributed by atoms with van der Waals surface area (Å²) in [6, 6.07) is 29.1. The van der Waals surface area contributed by atoms with E-state index in [-0.39, 0.29) is 85.1 Å². The van der Waals surface area contributed by atoms with E-state index in [2.05, 4.69) is 48.5 Å². The summed E-state index contributed by atoms with van der Waals surface area (Å²) in [4.78, 5) is 148. The number of nitrogens with zero attached hydrogens (tertiary/aromatic N) is 4. The summed E-state index contributed by atoms with van der Waals surface area (Å²) in [5.41, 5.74) is 6.73. The molecule has 4 heterocycles. The number of Topliss-reactive ketones (excluding diaryl/α,β-unsaturated/α-hetero) is 2. The highest BCUT2D eigenvalue weighted by Crippen LogP contribution is 2.20. The third kappa shape index (κ3) is 34.6. The van der Waals surface area contributed by atoms with Gasteiger partial charge in [0.1, 0.15) is 11.6 Å². The largest absolute Gasteiger partial charge is 0.497 e. The molecule has 0 saturated carbocycles. The Labute approximate surface area is 551 Å². The summed E-state index contributed by atoms with van der Waals surface area (Å²) >= 11 is 0. The van der Waals surface area contributed by atoms with E-state index in [9.17, 15) is 70.7 Å². The predicted molar refractivity (Wildman–Crippen MR) is 350 cm³/mol. The number of benzene rings is 4. The maximum atomic E-state index is 11.3. The molecular formula is C67H90N4O21SSi. The summed E-state index contributed by atoms with van der Waals surface area (Å²) in [6.45, 7) is 20.9. The van der Waals surface area contributed by atoms with Crippen LogP contribution >= 0.6 is 0 Å².